The SMILES string of the molecule is C.Cc1ccc(C[C@@H](OC(=O)N2CCC(N3CCc4ccccc4NC3=O)CC2)C(=O)N2CCN(C3CCNCC3)CC2)cc1Br. The summed E-state index contributed by atoms with van der Waals surface area (Å²) in [5.41, 5.74) is 4.06. The number of rotatable bonds is 6. The number of aryl methyl sites for hydroxylation is 1. The van der Waals surface area contributed by atoms with Gasteiger partial charge in [-0.2, -0.15) is 0 Å². The molecule has 0 aliphatic carbocycles. The van der Waals surface area contributed by atoms with Gasteiger partial charge in [0.05, 0.1) is 0 Å². The molecule has 0 saturated carbocycles. The van der Waals surface area contributed by atoms with Crippen LogP contribution in [0.25, 0.3) is 0 Å². The van der Waals surface area contributed by atoms with Gasteiger partial charge in [-0.1, -0.05) is 53.7 Å². The summed E-state index contributed by atoms with van der Waals surface area (Å²) in [5, 5.41) is 6.49. The fourth-order valence-electron chi connectivity index (χ4n) is 7.13. The van der Waals surface area contributed by atoms with E-state index < -0.39 is 12.2 Å². The maximum Gasteiger partial charge on any atom is 0.410 e. The van der Waals surface area contributed by atoms with Gasteiger partial charge in [0.25, 0.3) is 5.91 Å². The molecule has 4 aliphatic heterocycles. The van der Waals surface area contributed by atoms with E-state index >= 15 is 0 Å². The van der Waals surface area contributed by atoms with Crippen LogP contribution in [0.5, 0.6) is 0 Å². The van der Waals surface area contributed by atoms with Gasteiger partial charge in [0, 0.05) is 74.5 Å². The lowest BCUT2D eigenvalue weighted by Crippen LogP contribution is -2.56. The molecule has 4 amide bonds. The van der Waals surface area contributed by atoms with Crippen LogP contribution in [0.4, 0.5) is 15.3 Å². The number of hydrogen-bond donors (Lipinski definition) is 2. The van der Waals surface area contributed by atoms with Gasteiger partial charge in [-0.25, -0.2) is 9.59 Å². The number of anilines is 1. The number of hydrogen-bond acceptors (Lipinski definition) is 6. The summed E-state index contributed by atoms with van der Waals surface area (Å²) < 4.78 is 7.02. The van der Waals surface area contributed by atoms with Crippen molar-refractivity contribution in [2.45, 2.75) is 71.1 Å². The van der Waals surface area contributed by atoms with Crippen LogP contribution in [0.1, 0.15) is 49.8 Å². The topological polar surface area (TPSA) is 97.5 Å². The molecule has 10 nitrogen and oxygen atoms in total. The maximum absolute atomic E-state index is 13.9. The first-order chi connectivity index (χ1) is 21.9. The van der Waals surface area contributed by atoms with E-state index in [2.05, 4.69) is 37.5 Å². The fourth-order valence-corrected chi connectivity index (χ4v) is 7.56. The average Bonchev–Trinajstić information content (AvgIpc) is 3.24. The number of carbonyl (C=O) groups is 3. The smallest absolute Gasteiger partial charge is 0.410 e. The Morgan fingerprint density at radius 1 is 0.913 bits per heavy atom. The summed E-state index contributed by atoms with van der Waals surface area (Å²) in [6.07, 6.45) is 3.38. The molecule has 3 fully saturated rings. The number of urea groups is 1. The van der Waals surface area contributed by atoms with E-state index in [1.807, 2.05) is 53.1 Å². The van der Waals surface area contributed by atoms with Gasteiger partial charge in [-0.15, -0.1) is 0 Å². The largest absolute Gasteiger partial charge is 0.436 e. The van der Waals surface area contributed by atoms with Crippen LogP contribution in [-0.4, -0.2) is 115 Å². The Morgan fingerprint density at radius 3 is 2.35 bits per heavy atom. The Morgan fingerprint density at radius 2 is 1.63 bits per heavy atom. The standard InChI is InChI=1S/C34H45BrN6O4.CH4/c1-24-6-7-25(22-29(24)35)23-31(32(42)39-20-18-38(19-21-39)27-8-13-36-14-9-27)45-34(44)40-15-11-28(12-16-40)41-17-10-26-4-2-3-5-30(26)37-33(41)43;/h2-7,22,27-28,31,36H,8-21,23H2,1H3,(H,37,43);1H4/t31-;/m1./s1. The molecule has 250 valence electrons. The van der Waals surface area contributed by atoms with Crippen LogP contribution < -0.4 is 10.6 Å². The van der Waals surface area contributed by atoms with Crippen molar-refractivity contribution in [1.29, 1.82) is 0 Å². The number of amides is 4. The Bertz CT molecular complexity index is 1370. The molecule has 0 unspecified atom stereocenters. The zero-order valence-electron chi connectivity index (χ0n) is 26.2. The second kappa shape index (κ2) is 15.6. The Balaban J connectivity index is 0.00000417. The summed E-state index contributed by atoms with van der Waals surface area (Å²) in [7, 11) is 0. The van der Waals surface area contributed by atoms with E-state index in [1.54, 1.807) is 4.90 Å². The predicted molar refractivity (Wildman–Crippen MR) is 184 cm³/mol. The van der Waals surface area contributed by atoms with E-state index in [-0.39, 0.29) is 25.4 Å². The van der Waals surface area contributed by atoms with Gasteiger partial charge in [0.15, 0.2) is 6.10 Å². The van der Waals surface area contributed by atoms with E-state index in [1.165, 1.54) is 0 Å². The first-order valence-corrected chi connectivity index (χ1v) is 17.2. The van der Waals surface area contributed by atoms with Gasteiger partial charge in [-0.05, 0) is 80.9 Å². The molecule has 1 atom stereocenters. The fraction of sp³-hybridized carbons (Fsp3) is 0.571. The minimum atomic E-state index is -0.898. The molecule has 11 heteroatoms. The number of para-hydroxylation sites is 1. The summed E-state index contributed by atoms with van der Waals surface area (Å²) in [4.78, 5) is 48.5. The summed E-state index contributed by atoms with van der Waals surface area (Å²) in [5.74, 6) is -0.124. The normalized spacial score (nSPS) is 20.7. The summed E-state index contributed by atoms with van der Waals surface area (Å²) in [6, 6.07) is 14.5. The molecule has 3 saturated heterocycles. The quantitative estimate of drug-likeness (QED) is 0.447. The number of piperazine rings is 1. The number of piperidine rings is 2. The second-order valence-corrected chi connectivity index (χ2v) is 13.6. The van der Waals surface area contributed by atoms with Crippen molar-refractivity contribution < 1.29 is 19.1 Å². The number of fused-ring (bicyclic) bond motifs is 1. The van der Waals surface area contributed by atoms with Crippen LogP contribution in [0.3, 0.4) is 0 Å². The molecule has 4 heterocycles. The van der Waals surface area contributed by atoms with Crippen molar-refractivity contribution >= 4 is 39.6 Å². The van der Waals surface area contributed by atoms with Crippen molar-refractivity contribution in [1.82, 2.24) is 24.9 Å². The van der Waals surface area contributed by atoms with Gasteiger partial charge < -0.3 is 30.1 Å². The van der Waals surface area contributed by atoms with Gasteiger partial charge in [0.1, 0.15) is 0 Å². The lowest BCUT2D eigenvalue weighted by molar-refractivity contribution is -0.143. The van der Waals surface area contributed by atoms with Crippen LogP contribution in [0.2, 0.25) is 0 Å². The zero-order valence-corrected chi connectivity index (χ0v) is 27.8. The predicted octanol–water partition coefficient (Wildman–Crippen LogP) is 4.89. The highest BCUT2D eigenvalue weighted by Crippen LogP contribution is 2.26. The third-order valence-corrected chi connectivity index (χ3v) is 10.8. The molecule has 0 bridgehead atoms. The van der Waals surface area contributed by atoms with Crippen LogP contribution in [0.15, 0.2) is 46.9 Å². The molecule has 2 aromatic carbocycles. The van der Waals surface area contributed by atoms with Crippen molar-refractivity contribution in [3.05, 3.63) is 63.6 Å². The van der Waals surface area contributed by atoms with E-state index in [0.717, 1.165) is 72.3 Å². The Kier molecular flexibility index (Phi) is 11.6. The number of nitrogens with zero attached hydrogens (tertiary/aromatic N) is 4. The van der Waals surface area contributed by atoms with E-state index in [4.69, 9.17) is 4.74 Å². The lowest BCUT2D eigenvalue weighted by Gasteiger charge is -2.41. The first kappa shape index (κ1) is 34.2. The minimum Gasteiger partial charge on any atom is -0.436 e. The van der Waals surface area contributed by atoms with Gasteiger partial charge in [-0.3, -0.25) is 9.69 Å². The highest BCUT2D eigenvalue weighted by molar-refractivity contribution is 9.10. The molecule has 2 aromatic rings. The number of nitrogens with one attached hydrogen (secondary N) is 2. The number of likely N-dealkylation sites (tertiary alicyclic amines) is 1. The Labute approximate surface area is 281 Å². The van der Waals surface area contributed by atoms with Crippen molar-refractivity contribution in [3.63, 3.8) is 0 Å². The molecule has 4 aliphatic rings. The molecule has 0 radical (unpaired) electrons. The van der Waals surface area contributed by atoms with Gasteiger partial charge in [0.2, 0.25) is 0 Å². The number of benzene rings is 2. The molecular weight excluding hydrogens is 648 g/mol. The van der Waals surface area contributed by atoms with Crippen LogP contribution >= 0.6 is 15.9 Å². The first-order valence-electron chi connectivity index (χ1n) is 16.5. The van der Waals surface area contributed by atoms with Crippen LogP contribution in [-0.2, 0) is 22.4 Å². The Hall–Kier alpha value is -3.15. The third kappa shape index (κ3) is 8.04. The van der Waals surface area contributed by atoms with Crippen molar-refractivity contribution in [2.75, 3.05) is 64.2 Å². The molecule has 46 heavy (non-hydrogen) atoms. The summed E-state index contributed by atoms with van der Waals surface area (Å²) >= 11 is 3.61. The van der Waals surface area contributed by atoms with Crippen molar-refractivity contribution in [3.8, 4) is 0 Å². The molecular formula is C35H49BrN6O4. The average molecular weight is 698 g/mol. The monoisotopic (exact) mass is 696 g/mol. The van der Waals surface area contributed by atoms with E-state index in [0.29, 0.717) is 58.0 Å². The molecule has 6 rings (SSSR count). The second-order valence-electron chi connectivity index (χ2n) is 12.8. The maximum atomic E-state index is 13.9. The van der Waals surface area contributed by atoms with Crippen LogP contribution in [0, 0.1) is 6.92 Å². The highest BCUT2D eigenvalue weighted by atomic mass is 79.9. The molecule has 0 spiro atoms. The minimum absolute atomic E-state index is 0. The summed E-state index contributed by atoms with van der Waals surface area (Å²) in [6.45, 7) is 8.68. The van der Waals surface area contributed by atoms with Gasteiger partial charge >= 0.3 is 12.1 Å². The number of halogens is 1. The van der Waals surface area contributed by atoms with E-state index in [9.17, 15) is 14.4 Å². The highest BCUT2D eigenvalue weighted by Gasteiger charge is 2.36. The van der Waals surface area contributed by atoms with Crippen molar-refractivity contribution in [2.24, 2.45) is 0 Å². The lowest BCUT2D eigenvalue weighted by atomic mass is 10.0. The molecule has 0 aromatic heterocycles. The number of ether oxygens (including phenoxy) is 1. The molecule has 2 N–H and O–H groups in total. The number of carbonyl (C=O) groups excluding carboxylic acids is 3. The third-order valence-electron chi connectivity index (χ3n) is 9.93. The zero-order chi connectivity index (χ0) is 31.3.